The zero-order valence-electron chi connectivity index (χ0n) is 9.97. The third kappa shape index (κ3) is 2.26. The van der Waals surface area contributed by atoms with E-state index in [0.29, 0.717) is 4.64 Å². The van der Waals surface area contributed by atoms with Gasteiger partial charge in [0, 0.05) is 5.56 Å². The Morgan fingerprint density at radius 2 is 1.82 bits per heavy atom. The normalized spacial score (nSPS) is 10.6. The summed E-state index contributed by atoms with van der Waals surface area (Å²) in [6.07, 6.45) is 0. The van der Waals surface area contributed by atoms with Crippen LogP contribution in [0.15, 0.2) is 18.2 Å². The maximum absolute atomic E-state index is 13.4. The first kappa shape index (κ1) is 11.9. The first-order chi connectivity index (χ1) is 7.99. The van der Waals surface area contributed by atoms with E-state index in [4.69, 9.17) is 12.2 Å². The minimum Gasteiger partial charge on any atom is -0.267 e. The van der Waals surface area contributed by atoms with Crippen molar-refractivity contribution in [2.75, 3.05) is 0 Å². The van der Waals surface area contributed by atoms with E-state index in [1.165, 1.54) is 12.1 Å². The van der Waals surface area contributed by atoms with E-state index in [1.54, 1.807) is 0 Å². The van der Waals surface area contributed by atoms with Crippen LogP contribution in [-0.4, -0.2) is 10.2 Å². The van der Waals surface area contributed by atoms with E-state index < -0.39 is 0 Å². The molecule has 1 aromatic heterocycles. The van der Waals surface area contributed by atoms with Crippen molar-refractivity contribution in [3.8, 4) is 11.3 Å². The van der Waals surface area contributed by atoms with Crippen molar-refractivity contribution in [2.45, 2.75) is 20.8 Å². The Morgan fingerprint density at radius 1 is 1.12 bits per heavy atom. The van der Waals surface area contributed by atoms with Crippen molar-refractivity contribution >= 4 is 12.2 Å². The number of aromatic nitrogens is 2. The third-order valence-electron chi connectivity index (χ3n) is 2.84. The lowest BCUT2D eigenvalue weighted by molar-refractivity contribution is 0.627. The zero-order valence-corrected chi connectivity index (χ0v) is 10.8. The maximum atomic E-state index is 13.4. The van der Waals surface area contributed by atoms with Crippen LogP contribution in [0.3, 0.4) is 0 Å². The number of hydrogen-bond donors (Lipinski definition) is 1. The molecular weight excluding hydrogens is 235 g/mol. The minimum absolute atomic E-state index is 0.249. The van der Waals surface area contributed by atoms with E-state index in [2.05, 4.69) is 10.2 Å². The molecule has 0 amide bonds. The van der Waals surface area contributed by atoms with Gasteiger partial charge in [-0.1, -0.05) is 12.2 Å². The molecule has 0 aliphatic heterocycles. The molecule has 88 valence electrons. The van der Waals surface area contributed by atoms with Crippen LogP contribution < -0.4 is 0 Å². The number of benzene rings is 1. The number of rotatable bonds is 1. The van der Waals surface area contributed by atoms with Gasteiger partial charge in [-0.2, -0.15) is 5.10 Å². The van der Waals surface area contributed by atoms with Crippen LogP contribution in [0.4, 0.5) is 4.39 Å². The highest BCUT2D eigenvalue weighted by molar-refractivity contribution is 7.71. The zero-order chi connectivity index (χ0) is 12.6. The Kier molecular flexibility index (Phi) is 3.07. The standard InChI is InChI=1S/C13H13FN2S/c1-7-4-10(6-11(14)5-7)12-8(2)9(3)13(17)16-15-12/h4-6H,1-3H3,(H,16,17). The van der Waals surface area contributed by atoms with Gasteiger partial charge in [-0.3, -0.25) is 5.10 Å². The second kappa shape index (κ2) is 4.37. The van der Waals surface area contributed by atoms with Crippen LogP contribution in [0.25, 0.3) is 11.3 Å². The molecule has 0 radical (unpaired) electrons. The molecule has 1 heterocycles. The molecule has 0 spiro atoms. The predicted molar refractivity (Wildman–Crippen MR) is 69.0 cm³/mol. The highest BCUT2D eigenvalue weighted by Crippen LogP contribution is 2.24. The van der Waals surface area contributed by atoms with Crippen LogP contribution in [0, 0.1) is 31.2 Å². The van der Waals surface area contributed by atoms with Gasteiger partial charge in [0.05, 0.1) is 5.69 Å². The van der Waals surface area contributed by atoms with Crippen molar-refractivity contribution < 1.29 is 4.39 Å². The van der Waals surface area contributed by atoms with Crippen LogP contribution in [0.2, 0.25) is 0 Å². The number of aromatic amines is 1. The summed E-state index contributed by atoms with van der Waals surface area (Å²) in [6.45, 7) is 5.74. The Bertz CT molecular complexity index is 612. The molecule has 0 fully saturated rings. The van der Waals surface area contributed by atoms with Crippen LogP contribution in [0.1, 0.15) is 16.7 Å². The highest BCUT2D eigenvalue weighted by Gasteiger charge is 2.08. The first-order valence-corrected chi connectivity index (χ1v) is 5.73. The van der Waals surface area contributed by atoms with E-state index in [-0.39, 0.29) is 5.82 Å². The number of H-pyrrole nitrogens is 1. The molecule has 0 aliphatic rings. The van der Waals surface area contributed by atoms with Gasteiger partial charge >= 0.3 is 0 Å². The molecule has 0 aliphatic carbocycles. The lowest BCUT2D eigenvalue weighted by Crippen LogP contribution is -1.97. The molecule has 4 heteroatoms. The smallest absolute Gasteiger partial charge is 0.124 e. The number of halogens is 1. The lowest BCUT2D eigenvalue weighted by atomic mass is 10.0. The Balaban J connectivity index is 2.69. The average molecular weight is 248 g/mol. The number of nitrogens with zero attached hydrogens (tertiary/aromatic N) is 1. The van der Waals surface area contributed by atoms with Gasteiger partial charge in [-0.25, -0.2) is 4.39 Å². The van der Waals surface area contributed by atoms with Crippen LogP contribution in [-0.2, 0) is 0 Å². The third-order valence-corrected chi connectivity index (χ3v) is 3.24. The fourth-order valence-corrected chi connectivity index (χ4v) is 1.98. The minimum atomic E-state index is -0.249. The predicted octanol–water partition coefficient (Wildman–Crippen LogP) is 3.87. The first-order valence-electron chi connectivity index (χ1n) is 5.32. The average Bonchev–Trinajstić information content (AvgIpc) is 2.24. The summed E-state index contributed by atoms with van der Waals surface area (Å²) < 4.78 is 14.0. The summed E-state index contributed by atoms with van der Waals surface area (Å²) in [5, 5.41) is 6.98. The van der Waals surface area contributed by atoms with Gasteiger partial charge in [0.25, 0.3) is 0 Å². The van der Waals surface area contributed by atoms with E-state index in [1.807, 2.05) is 26.8 Å². The van der Waals surface area contributed by atoms with Crippen molar-refractivity contribution in [3.05, 3.63) is 45.3 Å². The molecular formula is C13H13FN2S. The number of hydrogen-bond acceptors (Lipinski definition) is 2. The summed E-state index contributed by atoms with van der Waals surface area (Å²) in [7, 11) is 0. The van der Waals surface area contributed by atoms with Gasteiger partial charge in [0.15, 0.2) is 0 Å². The molecule has 17 heavy (non-hydrogen) atoms. The molecule has 0 bridgehead atoms. The molecule has 2 rings (SSSR count). The van der Waals surface area contributed by atoms with Crippen LogP contribution in [0.5, 0.6) is 0 Å². The highest BCUT2D eigenvalue weighted by atomic mass is 32.1. The molecule has 0 saturated heterocycles. The quantitative estimate of drug-likeness (QED) is 0.776. The number of nitrogens with one attached hydrogen (secondary N) is 1. The second-order valence-electron chi connectivity index (χ2n) is 4.17. The fourth-order valence-electron chi connectivity index (χ4n) is 1.78. The van der Waals surface area contributed by atoms with Crippen molar-refractivity contribution in [1.29, 1.82) is 0 Å². The molecule has 2 nitrogen and oxygen atoms in total. The monoisotopic (exact) mass is 248 g/mol. The van der Waals surface area contributed by atoms with E-state index in [0.717, 1.165) is 27.9 Å². The van der Waals surface area contributed by atoms with Gasteiger partial charge < -0.3 is 0 Å². The van der Waals surface area contributed by atoms with Crippen LogP contribution >= 0.6 is 12.2 Å². The number of aryl methyl sites for hydroxylation is 1. The Morgan fingerprint density at radius 3 is 2.47 bits per heavy atom. The van der Waals surface area contributed by atoms with Gasteiger partial charge in [0.1, 0.15) is 10.5 Å². The maximum Gasteiger partial charge on any atom is 0.124 e. The van der Waals surface area contributed by atoms with Crippen molar-refractivity contribution in [3.63, 3.8) is 0 Å². The SMILES string of the molecule is Cc1cc(F)cc(-c2n[nH]c(=S)c(C)c2C)c1. The molecule has 2 aromatic rings. The van der Waals surface area contributed by atoms with Gasteiger partial charge in [0.2, 0.25) is 0 Å². The molecule has 0 atom stereocenters. The van der Waals surface area contributed by atoms with E-state index >= 15 is 0 Å². The Labute approximate surface area is 105 Å². The topological polar surface area (TPSA) is 28.7 Å². The van der Waals surface area contributed by atoms with Crippen molar-refractivity contribution in [1.82, 2.24) is 10.2 Å². The molecule has 0 saturated carbocycles. The van der Waals surface area contributed by atoms with E-state index in [9.17, 15) is 4.39 Å². The van der Waals surface area contributed by atoms with Crippen molar-refractivity contribution in [2.24, 2.45) is 0 Å². The second-order valence-corrected chi connectivity index (χ2v) is 4.58. The van der Waals surface area contributed by atoms with Gasteiger partial charge in [-0.05, 0) is 55.7 Å². The van der Waals surface area contributed by atoms with Gasteiger partial charge in [-0.15, -0.1) is 0 Å². The fraction of sp³-hybridized carbons (Fsp3) is 0.231. The lowest BCUT2D eigenvalue weighted by Gasteiger charge is -2.08. The Hall–Kier alpha value is -1.55. The summed E-state index contributed by atoms with van der Waals surface area (Å²) in [6, 6.07) is 4.89. The summed E-state index contributed by atoms with van der Waals surface area (Å²) in [5.74, 6) is -0.249. The molecule has 1 aromatic carbocycles. The molecule has 1 N–H and O–H groups in total. The summed E-state index contributed by atoms with van der Waals surface area (Å²) >= 11 is 5.11. The summed E-state index contributed by atoms with van der Waals surface area (Å²) in [5.41, 5.74) is 4.36. The molecule has 0 unspecified atom stereocenters. The largest absolute Gasteiger partial charge is 0.267 e. The summed E-state index contributed by atoms with van der Waals surface area (Å²) in [4.78, 5) is 0.